The lowest BCUT2D eigenvalue weighted by Crippen LogP contribution is -2.06. The van der Waals surface area contributed by atoms with Gasteiger partial charge >= 0.3 is 0 Å². The van der Waals surface area contributed by atoms with Crippen molar-refractivity contribution in [2.75, 3.05) is 5.32 Å². The highest BCUT2D eigenvalue weighted by Gasteiger charge is 2.08. The maximum Gasteiger partial charge on any atom is 0.0981 e. The fourth-order valence-electron chi connectivity index (χ4n) is 2.92. The van der Waals surface area contributed by atoms with Gasteiger partial charge in [0.25, 0.3) is 0 Å². The van der Waals surface area contributed by atoms with E-state index >= 15 is 0 Å². The molecule has 3 nitrogen and oxygen atoms in total. The predicted octanol–water partition coefficient (Wildman–Crippen LogP) is 5.67. The van der Waals surface area contributed by atoms with Crippen LogP contribution in [0.3, 0.4) is 0 Å². The number of anilines is 1. The van der Waals surface area contributed by atoms with Gasteiger partial charge in [-0.05, 0) is 41.5 Å². The number of nitrogens with one attached hydrogen (secondary N) is 1. The largest absolute Gasteiger partial charge is 0.472 e. The van der Waals surface area contributed by atoms with Gasteiger partial charge in [0.1, 0.15) is 0 Å². The van der Waals surface area contributed by atoms with Crippen LogP contribution >= 0.6 is 0 Å². The molecule has 4 aromatic rings. The first-order chi connectivity index (χ1) is 11.8. The van der Waals surface area contributed by atoms with Gasteiger partial charge in [-0.2, -0.15) is 0 Å². The van der Waals surface area contributed by atoms with Gasteiger partial charge in [0.2, 0.25) is 0 Å². The second kappa shape index (κ2) is 6.20. The second-order valence-corrected chi connectivity index (χ2v) is 5.95. The lowest BCUT2D eigenvalue weighted by atomic mass is 10.0. The van der Waals surface area contributed by atoms with E-state index in [1.54, 1.807) is 12.5 Å². The first-order valence-corrected chi connectivity index (χ1v) is 8.02. The molecule has 0 saturated carbocycles. The summed E-state index contributed by atoms with van der Waals surface area (Å²) in [7, 11) is 0. The number of benzene rings is 2. The monoisotopic (exact) mass is 314 g/mol. The van der Waals surface area contributed by atoms with Gasteiger partial charge in [-0.3, -0.25) is 4.98 Å². The fraction of sp³-hybridized carbons (Fsp3) is 0.0952. The molecule has 2 aromatic heterocycles. The first-order valence-electron chi connectivity index (χ1n) is 8.02. The van der Waals surface area contributed by atoms with Gasteiger partial charge in [-0.15, -0.1) is 0 Å². The zero-order chi connectivity index (χ0) is 16.4. The molecule has 1 unspecified atom stereocenters. The van der Waals surface area contributed by atoms with Crippen molar-refractivity contribution in [1.29, 1.82) is 0 Å². The number of furan rings is 1. The molecule has 24 heavy (non-hydrogen) atoms. The van der Waals surface area contributed by atoms with E-state index in [1.807, 2.05) is 18.5 Å². The molecule has 2 aromatic carbocycles. The summed E-state index contributed by atoms with van der Waals surface area (Å²) in [5.74, 6) is 0. The Hall–Kier alpha value is -3.07. The Kier molecular flexibility index (Phi) is 3.75. The normalized spacial score (nSPS) is 12.2. The molecule has 0 fully saturated rings. The molecular weight excluding hydrogens is 296 g/mol. The molecule has 2 heterocycles. The third-order valence-corrected chi connectivity index (χ3v) is 4.25. The number of fused-ring (bicyclic) bond motifs is 1. The molecule has 1 atom stereocenters. The van der Waals surface area contributed by atoms with Gasteiger partial charge in [0.15, 0.2) is 0 Å². The molecule has 118 valence electrons. The Morgan fingerprint density at radius 2 is 1.79 bits per heavy atom. The number of hydrogen-bond donors (Lipinski definition) is 1. The van der Waals surface area contributed by atoms with E-state index in [0.29, 0.717) is 0 Å². The van der Waals surface area contributed by atoms with Crippen LogP contribution in [0, 0.1) is 0 Å². The molecule has 4 rings (SSSR count). The van der Waals surface area contributed by atoms with Gasteiger partial charge in [0.05, 0.1) is 18.2 Å². The lowest BCUT2D eigenvalue weighted by Gasteiger charge is -2.16. The van der Waals surface area contributed by atoms with Crippen molar-refractivity contribution in [3.05, 3.63) is 85.1 Å². The Balaban J connectivity index is 1.59. The summed E-state index contributed by atoms with van der Waals surface area (Å²) < 4.78 is 5.15. The molecule has 0 amide bonds. The Labute approximate surface area is 141 Å². The van der Waals surface area contributed by atoms with E-state index in [2.05, 4.69) is 65.8 Å². The molecule has 0 bridgehead atoms. The molecule has 0 saturated heterocycles. The van der Waals surface area contributed by atoms with Crippen LogP contribution in [0.4, 0.5) is 5.69 Å². The molecule has 0 aliphatic heterocycles. The summed E-state index contributed by atoms with van der Waals surface area (Å²) in [6, 6.07) is 19.2. The quantitative estimate of drug-likeness (QED) is 0.527. The standard InChI is InChI=1S/C21H18N2O/c1-15(17-7-6-16-4-2-3-5-18(16)10-17)23-21-11-20(12-22-13-21)19-8-9-24-14-19/h2-15,23H,1H3. The van der Waals surface area contributed by atoms with Crippen molar-refractivity contribution < 1.29 is 4.42 Å². The Morgan fingerprint density at radius 1 is 0.917 bits per heavy atom. The van der Waals surface area contributed by atoms with Crippen LogP contribution in [0.2, 0.25) is 0 Å². The number of rotatable bonds is 4. The minimum atomic E-state index is 0.191. The predicted molar refractivity (Wildman–Crippen MR) is 97.9 cm³/mol. The summed E-state index contributed by atoms with van der Waals surface area (Å²) in [5.41, 5.74) is 4.32. The molecular formula is C21H18N2O. The summed E-state index contributed by atoms with van der Waals surface area (Å²) in [4.78, 5) is 4.33. The zero-order valence-corrected chi connectivity index (χ0v) is 13.4. The van der Waals surface area contributed by atoms with Crippen molar-refractivity contribution >= 4 is 16.5 Å². The van der Waals surface area contributed by atoms with Gasteiger partial charge in [0, 0.05) is 29.6 Å². The number of pyridine rings is 1. The topological polar surface area (TPSA) is 38.1 Å². The van der Waals surface area contributed by atoms with Crippen molar-refractivity contribution in [3.8, 4) is 11.1 Å². The Morgan fingerprint density at radius 3 is 2.62 bits per heavy atom. The lowest BCUT2D eigenvalue weighted by molar-refractivity contribution is 0.568. The van der Waals surface area contributed by atoms with Crippen LogP contribution in [0.15, 0.2) is 83.9 Å². The van der Waals surface area contributed by atoms with Crippen molar-refractivity contribution in [2.45, 2.75) is 13.0 Å². The maximum atomic E-state index is 5.15. The third-order valence-electron chi connectivity index (χ3n) is 4.25. The smallest absolute Gasteiger partial charge is 0.0981 e. The van der Waals surface area contributed by atoms with Crippen LogP contribution < -0.4 is 5.32 Å². The van der Waals surface area contributed by atoms with E-state index < -0.39 is 0 Å². The van der Waals surface area contributed by atoms with Gasteiger partial charge < -0.3 is 9.73 Å². The number of aromatic nitrogens is 1. The van der Waals surface area contributed by atoms with Crippen molar-refractivity contribution in [2.24, 2.45) is 0 Å². The Bertz CT molecular complexity index is 960. The van der Waals surface area contributed by atoms with E-state index in [4.69, 9.17) is 4.42 Å². The van der Waals surface area contributed by atoms with Gasteiger partial charge in [-0.1, -0.05) is 36.4 Å². The minimum absolute atomic E-state index is 0.191. The van der Waals surface area contributed by atoms with Crippen LogP contribution in [0.1, 0.15) is 18.5 Å². The first kappa shape index (κ1) is 14.5. The van der Waals surface area contributed by atoms with Crippen LogP contribution in [-0.2, 0) is 0 Å². The third kappa shape index (κ3) is 2.88. The van der Waals surface area contributed by atoms with E-state index in [0.717, 1.165) is 16.8 Å². The van der Waals surface area contributed by atoms with E-state index in [-0.39, 0.29) is 6.04 Å². The SMILES string of the molecule is CC(Nc1cncc(-c2ccoc2)c1)c1ccc2ccccc2c1. The molecule has 3 heteroatoms. The summed E-state index contributed by atoms with van der Waals surface area (Å²) >= 11 is 0. The van der Waals surface area contributed by atoms with Crippen molar-refractivity contribution in [1.82, 2.24) is 4.98 Å². The number of hydrogen-bond acceptors (Lipinski definition) is 3. The van der Waals surface area contributed by atoms with Crippen LogP contribution in [0.25, 0.3) is 21.9 Å². The second-order valence-electron chi connectivity index (χ2n) is 5.95. The molecule has 1 N–H and O–H groups in total. The highest BCUT2D eigenvalue weighted by Crippen LogP contribution is 2.26. The van der Waals surface area contributed by atoms with E-state index in [1.165, 1.54) is 16.3 Å². The minimum Gasteiger partial charge on any atom is -0.472 e. The van der Waals surface area contributed by atoms with Crippen LogP contribution in [0.5, 0.6) is 0 Å². The summed E-state index contributed by atoms with van der Waals surface area (Å²) in [5, 5.41) is 6.05. The van der Waals surface area contributed by atoms with Gasteiger partial charge in [-0.25, -0.2) is 0 Å². The fourth-order valence-corrected chi connectivity index (χ4v) is 2.92. The summed E-state index contributed by atoms with van der Waals surface area (Å²) in [6.07, 6.45) is 7.10. The molecule has 0 aliphatic carbocycles. The summed E-state index contributed by atoms with van der Waals surface area (Å²) in [6.45, 7) is 2.16. The van der Waals surface area contributed by atoms with Crippen LogP contribution in [-0.4, -0.2) is 4.98 Å². The average Bonchev–Trinajstić information content (AvgIpc) is 3.16. The average molecular weight is 314 g/mol. The molecule has 0 radical (unpaired) electrons. The van der Waals surface area contributed by atoms with Crippen molar-refractivity contribution in [3.63, 3.8) is 0 Å². The highest BCUT2D eigenvalue weighted by molar-refractivity contribution is 5.83. The molecule has 0 spiro atoms. The zero-order valence-electron chi connectivity index (χ0n) is 13.4. The molecule has 0 aliphatic rings. The van der Waals surface area contributed by atoms with E-state index in [9.17, 15) is 0 Å². The number of nitrogens with zero attached hydrogens (tertiary/aromatic N) is 1. The highest BCUT2D eigenvalue weighted by atomic mass is 16.3. The maximum absolute atomic E-state index is 5.15.